The van der Waals surface area contributed by atoms with E-state index in [1.807, 2.05) is 6.92 Å². The third kappa shape index (κ3) is 4.51. The topological polar surface area (TPSA) is 41.1 Å². The molecule has 0 bridgehead atoms. The molecule has 1 aliphatic heterocycles. The summed E-state index contributed by atoms with van der Waals surface area (Å²) in [5.41, 5.74) is 0. The molecule has 0 radical (unpaired) electrons. The fourth-order valence-electron chi connectivity index (χ4n) is 1.74. The number of hydrogen-bond acceptors (Lipinski definition) is 3. The number of rotatable bonds is 6. The fourth-order valence-corrected chi connectivity index (χ4v) is 2.66. The molecule has 5 heteroatoms. The van der Waals surface area contributed by atoms with Gasteiger partial charge >= 0.3 is 0 Å². The van der Waals surface area contributed by atoms with Gasteiger partial charge in [-0.05, 0) is 24.3 Å². The number of carbonyl (C=O) groups excluding carboxylic acids is 1. The van der Waals surface area contributed by atoms with Gasteiger partial charge in [0.2, 0.25) is 5.91 Å². The summed E-state index contributed by atoms with van der Waals surface area (Å²) in [6.45, 7) is 4.68. The van der Waals surface area contributed by atoms with Crippen molar-refractivity contribution in [2.75, 3.05) is 25.4 Å². The first-order chi connectivity index (χ1) is 9.15. The van der Waals surface area contributed by atoms with Crippen molar-refractivity contribution < 1.29 is 9.18 Å². The molecule has 1 unspecified atom stereocenters. The van der Waals surface area contributed by atoms with Gasteiger partial charge in [0.1, 0.15) is 5.82 Å². The van der Waals surface area contributed by atoms with Crippen LogP contribution < -0.4 is 10.6 Å². The molecule has 1 amide bonds. The zero-order valence-electron chi connectivity index (χ0n) is 11.0. The SMILES string of the molecule is CC(CSc1ccc(F)cc1)C(=O)NCC1CNC1. The van der Waals surface area contributed by atoms with E-state index in [0.29, 0.717) is 11.7 Å². The van der Waals surface area contributed by atoms with Crippen LogP contribution in [0.1, 0.15) is 6.92 Å². The smallest absolute Gasteiger partial charge is 0.223 e. The molecular weight excluding hydrogens is 263 g/mol. The zero-order chi connectivity index (χ0) is 13.7. The molecule has 1 heterocycles. The Kier molecular flexibility index (Phi) is 5.22. The van der Waals surface area contributed by atoms with Gasteiger partial charge in [-0.2, -0.15) is 0 Å². The van der Waals surface area contributed by atoms with Crippen LogP contribution in [0.2, 0.25) is 0 Å². The summed E-state index contributed by atoms with van der Waals surface area (Å²) >= 11 is 1.58. The van der Waals surface area contributed by atoms with E-state index in [1.54, 1.807) is 23.9 Å². The number of amides is 1. The Morgan fingerprint density at radius 2 is 2.16 bits per heavy atom. The van der Waals surface area contributed by atoms with Crippen molar-refractivity contribution in [1.29, 1.82) is 0 Å². The predicted molar refractivity (Wildman–Crippen MR) is 75.7 cm³/mol. The van der Waals surface area contributed by atoms with Crippen LogP contribution in [0.5, 0.6) is 0 Å². The van der Waals surface area contributed by atoms with Gasteiger partial charge < -0.3 is 10.6 Å². The zero-order valence-corrected chi connectivity index (χ0v) is 11.8. The number of halogens is 1. The first kappa shape index (κ1) is 14.3. The van der Waals surface area contributed by atoms with E-state index in [2.05, 4.69) is 10.6 Å². The summed E-state index contributed by atoms with van der Waals surface area (Å²) in [4.78, 5) is 12.8. The number of carbonyl (C=O) groups is 1. The Bertz CT molecular complexity index is 420. The van der Waals surface area contributed by atoms with E-state index in [1.165, 1.54) is 12.1 Å². The van der Waals surface area contributed by atoms with Crippen LogP contribution in [-0.2, 0) is 4.79 Å². The summed E-state index contributed by atoms with van der Waals surface area (Å²) in [6.07, 6.45) is 0. The van der Waals surface area contributed by atoms with Crippen LogP contribution in [-0.4, -0.2) is 31.3 Å². The first-order valence-electron chi connectivity index (χ1n) is 6.52. The van der Waals surface area contributed by atoms with Gasteiger partial charge in [-0.15, -0.1) is 11.8 Å². The third-order valence-corrected chi connectivity index (χ3v) is 4.46. The second-order valence-electron chi connectivity index (χ2n) is 4.94. The molecule has 1 fully saturated rings. The number of thioether (sulfide) groups is 1. The maximum absolute atomic E-state index is 12.8. The van der Waals surface area contributed by atoms with Gasteiger partial charge in [0.05, 0.1) is 0 Å². The van der Waals surface area contributed by atoms with Crippen molar-refractivity contribution in [3.8, 4) is 0 Å². The van der Waals surface area contributed by atoms with Gasteiger partial charge in [-0.3, -0.25) is 4.79 Å². The van der Waals surface area contributed by atoms with E-state index < -0.39 is 0 Å². The highest BCUT2D eigenvalue weighted by Gasteiger charge is 2.19. The van der Waals surface area contributed by atoms with Crippen molar-refractivity contribution >= 4 is 17.7 Å². The van der Waals surface area contributed by atoms with Crippen LogP contribution in [0.25, 0.3) is 0 Å². The van der Waals surface area contributed by atoms with E-state index in [0.717, 1.165) is 24.5 Å². The molecule has 0 spiro atoms. The summed E-state index contributed by atoms with van der Waals surface area (Å²) in [6, 6.07) is 6.36. The lowest BCUT2D eigenvalue weighted by molar-refractivity contribution is -0.124. The molecule has 1 aliphatic rings. The van der Waals surface area contributed by atoms with Crippen molar-refractivity contribution in [2.24, 2.45) is 11.8 Å². The lowest BCUT2D eigenvalue weighted by atomic mass is 10.0. The minimum atomic E-state index is -0.232. The van der Waals surface area contributed by atoms with E-state index in [4.69, 9.17) is 0 Å². The molecule has 2 rings (SSSR count). The molecule has 3 nitrogen and oxygen atoms in total. The van der Waals surface area contributed by atoms with E-state index in [-0.39, 0.29) is 17.6 Å². The molecular formula is C14H19FN2OS. The summed E-state index contributed by atoms with van der Waals surface area (Å²) < 4.78 is 12.8. The van der Waals surface area contributed by atoms with Crippen molar-refractivity contribution in [1.82, 2.24) is 10.6 Å². The molecule has 1 aromatic carbocycles. The normalized spacial score (nSPS) is 16.7. The Morgan fingerprint density at radius 1 is 1.47 bits per heavy atom. The monoisotopic (exact) mass is 282 g/mol. The lowest BCUT2D eigenvalue weighted by Gasteiger charge is -2.27. The van der Waals surface area contributed by atoms with E-state index >= 15 is 0 Å². The molecule has 1 aromatic rings. The summed E-state index contributed by atoms with van der Waals surface area (Å²) in [5.74, 6) is 1.12. The predicted octanol–water partition coefficient (Wildman–Crippen LogP) is 1.89. The van der Waals surface area contributed by atoms with Gasteiger partial charge in [-0.25, -0.2) is 4.39 Å². The molecule has 1 saturated heterocycles. The van der Waals surface area contributed by atoms with Crippen LogP contribution in [0, 0.1) is 17.7 Å². The first-order valence-corrected chi connectivity index (χ1v) is 7.50. The van der Waals surface area contributed by atoms with Gasteiger partial charge in [0.15, 0.2) is 0 Å². The molecule has 104 valence electrons. The average molecular weight is 282 g/mol. The van der Waals surface area contributed by atoms with Crippen molar-refractivity contribution in [3.05, 3.63) is 30.1 Å². The summed E-state index contributed by atoms with van der Waals surface area (Å²) in [5, 5.41) is 6.16. The van der Waals surface area contributed by atoms with Crippen molar-refractivity contribution in [3.63, 3.8) is 0 Å². The Hall–Kier alpha value is -1.07. The Labute approximate surface area is 117 Å². The van der Waals surface area contributed by atoms with Crippen molar-refractivity contribution in [2.45, 2.75) is 11.8 Å². The van der Waals surface area contributed by atoms with E-state index in [9.17, 15) is 9.18 Å². The third-order valence-electron chi connectivity index (χ3n) is 3.19. The van der Waals surface area contributed by atoms with Gasteiger partial charge in [-0.1, -0.05) is 6.92 Å². The quantitative estimate of drug-likeness (QED) is 0.783. The van der Waals surface area contributed by atoms with Gasteiger partial charge in [0.25, 0.3) is 0 Å². The highest BCUT2D eigenvalue weighted by molar-refractivity contribution is 7.99. The maximum atomic E-state index is 12.8. The van der Waals surface area contributed by atoms with Gasteiger partial charge in [0, 0.05) is 42.1 Å². The second-order valence-corrected chi connectivity index (χ2v) is 6.03. The Balaban J connectivity index is 1.69. The van der Waals surface area contributed by atoms with Crippen LogP contribution >= 0.6 is 11.8 Å². The highest BCUT2D eigenvalue weighted by atomic mass is 32.2. The molecule has 2 N–H and O–H groups in total. The standard InChI is InChI=1S/C14H19FN2OS/c1-10(14(18)17-8-11-6-16-7-11)9-19-13-4-2-12(15)3-5-13/h2-5,10-11,16H,6-9H2,1H3,(H,17,18). The lowest BCUT2D eigenvalue weighted by Crippen LogP contribution is -2.48. The Morgan fingerprint density at radius 3 is 2.74 bits per heavy atom. The highest BCUT2D eigenvalue weighted by Crippen LogP contribution is 2.21. The van der Waals surface area contributed by atoms with Crippen LogP contribution in [0.4, 0.5) is 4.39 Å². The maximum Gasteiger partial charge on any atom is 0.223 e. The van der Waals surface area contributed by atoms with Crippen LogP contribution in [0.3, 0.4) is 0 Å². The average Bonchev–Trinajstić information content (AvgIpc) is 2.35. The minimum Gasteiger partial charge on any atom is -0.355 e. The molecule has 0 saturated carbocycles. The summed E-state index contributed by atoms with van der Waals surface area (Å²) in [7, 11) is 0. The number of nitrogens with one attached hydrogen (secondary N) is 2. The molecule has 0 aliphatic carbocycles. The fraction of sp³-hybridized carbons (Fsp3) is 0.500. The minimum absolute atomic E-state index is 0.0388. The van der Waals surface area contributed by atoms with Crippen LogP contribution in [0.15, 0.2) is 29.2 Å². The molecule has 1 atom stereocenters. The second kappa shape index (κ2) is 6.91. The largest absolute Gasteiger partial charge is 0.355 e. The molecule has 19 heavy (non-hydrogen) atoms. The number of benzene rings is 1. The number of hydrogen-bond donors (Lipinski definition) is 2. The molecule has 0 aromatic heterocycles.